The number of hydrogen-bond donors (Lipinski definition) is 6. The number of Topliss-reactive ketones (excluding diaryl/α,β-unsaturated/α-hetero) is 1. The Balaban J connectivity index is 0.000000153. The first-order chi connectivity index (χ1) is 44.5. The fourth-order valence-corrected chi connectivity index (χ4v) is 19.1. The number of carbonyl (C=O) groups excluding carboxylic acids is 3. The van der Waals surface area contributed by atoms with E-state index in [0.717, 1.165) is 51.4 Å². The molecule has 6 atom stereocenters. The second kappa shape index (κ2) is 25.8. The van der Waals surface area contributed by atoms with E-state index >= 15 is 8.78 Å². The molecule has 14 rings (SSSR count). The molecule has 26 heteroatoms. The van der Waals surface area contributed by atoms with Gasteiger partial charge in [-0.1, -0.05) is 82.8 Å². The third-order valence-electron chi connectivity index (χ3n) is 22.1. The zero-order valence-corrected chi connectivity index (χ0v) is 53.4. The van der Waals surface area contributed by atoms with Crippen molar-refractivity contribution in [1.29, 1.82) is 0 Å². The number of nitrogens with zero attached hydrogens (tertiary/aromatic N) is 4. The Hall–Kier alpha value is -6.14. The number of aliphatic hydroxyl groups excluding tert-OH is 2. The van der Waals surface area contributed by atoms with E-state index in [1.54, 1.807) is 48.5 Å². The second-order valence-corrected chi connectivity index (χ2v) is 29.0. The normalized spacial score (nSPS) is 28.7. The van der Waals surface area contributed by atoms with E-state index < -0.39 is 112 Å². The van der Waals surface area contributed by atoms with Gasteiger partial charge in [-0.15, -0.1) is 20.4 Å². The third kappa shape index (κ3) is 11.0. The monoisotopic (exact) mass is 1370 g/mol. The molecule has 7 N–H and O–H groups in total. The molecule has 0 saturated heterocycles. The van der Waals surface area contributed by atoms with Gasteiger partial charge in [-0.2, -0.15) is 0 Å². The number of hydrogen-bond acceptors (Lipinski definition) is 13. The van der Waals surface area contributed by atoms with Gasteiger partial charge in [-0.05, 0) is 165 Å². The summed E-state index contributed by atoms with van der Waals surface area (Å²) in [6.07, 6.45) is 7.40. The zero-order valence-electron chi connectivity index (χ0n) is 50.3. The highest BCUT2D eigenvalue weighted by Crippen LogP contribution is 2.79. The number of alkyl halides is 4. The maximum Gasteiger partial charge on any atom is 0.307 e. The van der Waals surface area contributed by atoms with E-state index in [-0.39, 0.29) is 103 Å². The number of benzene rings is 4. The lowest BCUT2D eigenvalue weighted by atomic mass is 9.43. The highest BCUT2D eigenvalue weighted by molar-refractivity contribution is 6.32. The zero-order chi connectivity index (χ0) is 66.2. The SMILES string of the molecule is NC1CCC(c2nnc(CO)o2)CC1.O=C(CC1CCC(c2nnc(CO)o2)CC1)[C@@H]1CC2(CC(CF)(CF)C2)[C@@]2(C(=O)Nc3cc(Cl)ccc32)[C@H]1c1cccc(Cl)c1F.O=C(O)[C@@H]1CC2(CC(CF)(CF)C2)[C@@]2(C(=O)Nc3cc(Cl)ccc32)[C@H]1c1cccc(Cl)c1F. The van der Waals surface area contributed by atoms with Crippen LogP contribution in [0.1, 0.15) is 166 Å². The summed E-state index contributed by atoms with van der Waals surface area (Å²) in [6, 6.07) is 18.9. The molecule has 6 aliphatic carbocycles. The molecule has 0 bridgehead atoms. The molecule has 8 aliphatic rings. The van der Waals surface area contributed by atoms with E-state index in [0.29, 0.717) is 62.2 Å². The van der Waals surface area contributed by atoms with Gasteiger partial charge in [-0.25, -0.2) is 8.78 Å². The van der Waals surface area contributed by atoms with Crippen molar-refractivity contribution in [2.24, 2.45) is 45.1 Å². The standard InChI is InChI=1S/C34H34Cl2F3N3O4.C24H20Cl2F3NO3.C9H15N3O2/c35-20-8-9-23-25(11-20)40-31(45)34(23)28(21-2-1-3-24(36)29(21)39)22(12-33(34)14-32(15-33,16-37)17-38)26(44)10-18-4-6-19(7-5-18)30-42-41-27(13-43)46-30;25-12-4-5-15-17(6-12)30-21(33)24(15)18(13-2-1-3-16(26)19(13)29)14(20(31)32)7-23(24)8-22(9-23,10-27)11-28;10-7-3-1-6(2-4-7)9-12-11-8(5-13)14-9/h1-3,8-9,11,18-19,22,28,43H,4-7,10,12-17H2,(H,40,45);1-6,14,18H,7-11H2,(H,30,33)(H,31,32);6-7,13H,1-5,10H2/t18?,19?,22-,28-,34+;14-,18+,24-;/m01./s1. The van der Waals surface area contributed by atoms with Gasteiger partial charge in [0, 0.05) is 74.3 Å². The van der Waals surface area contributed by atoms with Crippen LogP contribution in [0.3, 0.4) is 0 Å². The van der Waals surface area contributed by atoms with E-state index in [4.69, 9.17) is 66.1 Å². The third-order valence-corrected chi connectivity index (χ3v) is 23.1. The molecular formula is C67H69Cl4F6N7O9. The van der Waals surface area contributed by atoms with Crippen LogP contribution < -0.4 is 16.4 Å². The molecule has 2 amide bonds. The number of aliphatic hydroxyl groups is 2. The Morgan fingerprint density at radius 2 is 0.989 bits per heavy atom. The number of fused-ring (bicyclic) bond motifs is 6. The number of aromatic nitrogens is 4. The number of carboxylic acids is 1. The van der Waals surface area contributed by atoms with Gasteiger partial charge in [0.05, 0.1) is 53.5 Å². The second-order valence-electron chi connectivity index (χ2n) is 27.3. The number of ketones is 1. The Bertz CT molecular complexity index is 3840. The molecule has 4 heterocycles. The minimum atomic E-state index is -1.55. The maximum absolute atomic E-state index is 16.1. The van der Waals surface area contributed by atoms with Crippen LogP contribution >= 0.6 is 46.4 Å². The quantitative estimate of drug-likeness (QED) is 0.0555. The molecule has 2 aliphatic heterocycles. The summed E-state index contributed by atoms with van der Waals surface area (Å²) in [7, 11) is 0. The summed E-state index contributed by atoms with van der Waals surface area (Å²) >= 11 is 24.8. The average molecular weight is 1370 g/mol. The van der Waals surface area contributed by atoms with Crippen LogP contribution in [-0.2, 0) is 43.2 Å². The van der Waals surface area contributed by atoms with Crippen LogP contribution in [0.15, 0.2) is 81.6 Å². The first-order valence-electron chi connectivity index (χ1n) is 31.3. The van der Waals surface area contributed by atoms with Gasteiger partial charge in [-0.3, -0.25) is 36.7 Å². The molecule has 2 aromatic heterocycles. The van der Waals surface area contributed by atoms with Crippen molar-refractivity contribution in [3.05, 3.63) is 150 Å². The first kappa shape index (κ1) is 66.9. The predicted molar refractivity (Wildman–Crippen MR) is 332 cm³/mol. The fourth-order valence-electron chi connectivity index (χ4n) is 18.4. The number of nitrogens with one attached hydrogen (secondary N) is 2. The van der Waals surface area contributed by atoms with Gasteiger partial charge in [0.25, 0.3) is 0 Å². The number of anilines is 2. The molecule has 6 saturated carbocycles. The lowest BCUT2D eigenvalue weighted by molar-refractivity contribution is -0.145. The largest absolute Gasteiger partial charge is 0.481 e. The average Bonchev–Trinajstić information content (AvgIpc) is 1.51. The summed E-state index contributed by atoms with van der Waals surface area (Å²) in [5, 5.41) is 49.9. The minimum Gasteiger partial charge on any atom is -0.481 e. The summed E-state index contributed by atoms with van der Waals surface area (Å²) in [6.45, 7) is -4.15. The molecule has 0 radical (unpaired) electrons. The molecule has 16 nitrogen and oxygen atoms in total. The van der Waals surface area contributed by atoms with Crippen molar-refractivity contribution in [2.75, 3.05) is 37.3 Å². The lowest BCUT2D eigenvalue weighted by Gasteiger charge is -2.59. The summed E-state index contributed by atoms with van der Waals surface area (Å²) in [5.41, 5.74) is 0.213. The Kier molecular flexibility index (Phi) is 18.5. The summed E-state index contributed by atoms with van der Waals surface area (Å²) in [5.74, 6) is -5.79. The molecule has 4 aromatic carbocycles. The first-order valence-corrected chi connectivity index (χ1v) is 32.8. The number of carboxylic acid groups (broad SMARTS) is 1. The Labute approximate surface area is 551 Å². The van der Waals surface area contributed by atoms with Gasteiger partial charge < -0.3 is 40.5 Å². The topological polar surface area (TPSA) is 257 Å². The van der Waals surface area contributed by atoms with Crippen LogP contribution in [0, 0.1) is 51.0 Å². The van der Waals surface area contributed by atoms with Crippen LogP contribution in [0.4, 0.5) is 37.7 Å². The van der Waals surface area contributed by atoms with Crippen LogP contribution in [0.5, 0.6) is 0 Å². The highest BCUT2D eigenvalue weighted by Gasteiger charge is 2.79. The molecule has 496 valence electrons. The molecule has 6 fully saturated rings. The van der Waals surface area contributed by atoms with Crippen molar-refractivity contribution in [3.8, 4) is 0 Å². The summed E-state index contributed by atoms with van der Waals surface area (Å²) in [4.78, 5) is 55.2. The number of rotatable bonds is 14. The van der Waals surface area contributed by atoms with Crippen LogP contribution in [0.2, 0.25) is 20.1 Å². The molecule has 4 spiro atoms. The van der Waals surface area contributed by atoms with Gasteiger partial charge >= 0.3 is 5.97 Å². The van der Waals surface area contributed by atoms with Crippen LogP contribution in [-0.4, -0.2) is 92.0 Å². The number of carbonyl (C=O) groups is 4. The Morgan fingerprint density at radius 3 is 1.39 bits per heavy atom. The van der Waals surface area contributed by atoms with Crippen LogP contribution in [0.25, 0.3) is 0 Å². The lowest BCUT2D eigenvalue weighted by Crippen LogP contribution is -2.61. The van der Waals surface area contributed by atoms with Crippen molar-refractivity contribution in [1.82, 2.24) is 20.4 Å². The van der Waals surface area contributed by atoms with Crippen molar-refractivity contribution in [3.63, 3.8) is 0 Å². The van der Waals surface area contributed by atoms with E-state index in [2.05, 4.69) is 31.0 Å². The van der Waals surface area contributed by atoms with Gasteiger partial charge in [0.15, 0.2) is 0 Å². The van der Waals surface area contributed by atoms with Crippen molar-refractivity contribution in [2.45, 2.75) is 150 Å². The van der Waals surface area contributed by atoms with E-state index in [1.807, 2.05) is 0 Å². The smallest absolute Gasteiger partial charge is 0.307 e. The highest BCUT2D eigenvalue weighted by atomic mass is 35.5. The van der Waals surface area contributed by atoms with Gasteiger partial charge in [0.2, 0.25) is 35.4 Å². The number of amides is 2. The van der Waals surface area contributed by atoms with E-state index in [1.165, 1.54) is 24.3 Å². The minimum absolute atomic E-state index is 0.00252. The summed E-state index contributed by atoms with van der Waals surface area (Å²) < 4.78 is 98.9. The maximum atomic E-state index is 16.1. The number of aliphatic carboxylic acids is 1. The van der Waals surface area contributed by atoms with Gasteiger partial charge in [0.1, 0.15) is 30.6 Å². The molecule has 0 unspecified atom stereocenters. The molecule has 6 aromatic rings. The number of halogens is 10. The fraction of sp³-hybridized carbons (Fsp3) is 0.522. The number of nitrogens with two attached hydrogens (primary N) is 1. The molecule has 93 heavy (non-hydrogen) atoms. The van der Waals surface area contributed by atoms with E-state index in [9.17, 15) is 47.0 Å². The predicted octanol–water partition coefficient (Wildman–Crippen LogP) is 14.1. The molecular weight excluding hydrogens is 1300 g/mol. The van der Waals surface area contributed by atoms with Crippen molar-refractivity contribution < 1.29 is 69.7 Å². The van der Waals surface area contributed by atoms with Crippen molar-refractivity contribution >= 4 is 81.3 Å². The Morgan fingerprint density at radius 1 is 0.581 bits per heavy atom.